The minimum atomic E-state index is -4.68. The third-order valence-electron chi connectivity index (χ3n) is 5.18. The summed E-state index contributed by atoms with van der Waals surface area (Å²) in [5.74, 6) is 0.642. The monoisotopic (exact) mass is 537 g/mol. The van der Waals surface area contributed by atoms with Crippen molar-refractivity contribution in [2.45, 2.75) is 25.9 Å². The molecule has 14 heteroatoms. The second-order valence-corrected chi connectivity index (χ2v) is 9.07. The van der Waals surface area contributed by atoms with Crippen molar-refractivity contribution >= 4 is 13.6 Å². The third kappa shape index (κ3) is 6.92. The normalized spacial score (nSPS) is 12.0. The van der Waals surface area contributed by atoms with Crippen LogP contribution >= 0.6 is 7.82 Å². The van der Waals surface area contributed by atoms with Crippen molar-refractivity contribution < 1.29 is 45.9 Å². The second-order valence-electron chi connectivity index (χ2n) is 7.83. The predicted molar refractivity (Wildman–Crippen MR) is 122 cm³/mol. The van der Waals surface area contributed by atoms with Crippen LogP contribution in [0.3, 0.4) is 0 Å². The van der Waals surface area contributed by atoms with Gasteiger partial charge in [0, 0.05) is 30.3 Å². The van der Waals surface area contributed by atoms with Crippen LogP contribution in [-0.4, -0.2) is 19.9 Å². The van der Waals surface area contributed by atoms with Crippen molar-refractivity contribution in [2.75, 3.05) is 5.73 Å². The van der Waals surface area contributed by atoms with Crippen molar-refractivity contribution in [1.29, 1.82) is 0 Å². The van der Waals surface area contributed by atoms with E-state index in [-0.39, 0.29) is 23.9 Å². The smallest absolute Gasteiger partial charge is 0.472 e. The Bertz CT molecular complexity index is 1420. The molecule has 0 atom stereocenters. The van der Waals surface area contributed by atoms with Gasteiger partial charge in [0.15, 0.2) is 5.76 Å². The number of pyridine rings is 2. The zero-order chi connectivity index (χ0) is 26.6. The lowest BCUT2D eigenvalue weighted by Gasteiger charge is -2.13. The van der Waals surface area contributed by atoms with E-state index in [9.17, 15) is 17.7 Å². The quantitative estimate of drug-likeness (QED) is 0.214. The van der Waals surface area contributed by atoms with E-state index in [1.54, 1.807) is 30.3 Å². The Balaban J connectivity index is 1.40. The lowest BCUT2D eigenvalue weighted by atomic mass is 10.1. The Labute approximate surface area is 208 Å². The molecule has 3 heterocycles. The van der Waals surface area contributed by atoms with Crippen LogP contribution in [0.1, 0.15) is 22.4 Å². The van der Waals surface area contributed by atoms with Gasteiger partial charge in [0.2, 0.25) is 12.6 Å². The largest absolute Gasteiger partial charge is 0.473 e. The first kappa shape index (κ1) is 26.3. The number of anilines is 1. The van der Waals surface area contributed by atoms with Crippen LogP contribution in [0.2, 0.25) is 0 Å². The van der Waals surface area contributed by atoms with E-state index >= 15 is 0 Å². The summed E-state index contributed by atoms with van der Waals surface area (Å²) >= 11 is 0. The van der Waals surface area contributed by atoms with Crippen LogP contribution in [-0.2, 0) is 35.0 Å². The Kier molecular flexibility index (Phi) is 7.60. The molecule has 0 aliphatic heterocycles. The minimum Gasteiger partial charge on any atom is -0.473 e. The van der Waals surface area contributed by atoms with Gasteiger partial charge in [-0.15, -0.1) is 0 Å². The number of phosphoric ester groups is 1. The number of rotatable bonds is 9. The first-order chi connectivity index (χ1) is 17.5. The van der Waals surface area contributed by atoms with E-state index in [0.717, 1.165) is 11.6 Å². The van der Waals surface area contributed by atoms with Crippen LogP contribution in [0.15, 0.2) is 71.5 Å². The van der Waals surface area contributed by atoms with E-state index < -0.39 is 26.3 Å². The molecule has 1 aromatic carbocycles. The number of hydrogen-bond donors (Lipinski definition) is 3. The fourth-order valence-electron chi connectivity index (χ4n) is 3.43. The minimum absolute atomic E-state index is 0.00538. The molecule has 3 aromatic heterocycles. The molecule has 0 saturated heterocycles. The summed E-state index contributed by atoms with van der Waals surface area (Å²) in [6.07, 6.45) is -1.14. The van der Waals surface area contributed by atoms with Crippen molar-refractivity contribution in [3.05, 3.63) is 89.4 Å². The first-order valence-electron chi connectivity index (χ1n) is 10.7. The van der Waals surface area contributed by atoms with Gasteiger partial charge in [0.25, 0.3) is 5.82 Å². The first-order valence-corrected chi connectivity index (χ1v) is 12.2. The standard InChI is InChI=1S/C23H20F3N4O6P/c24-23(25,26)19-6-2-1-4-16(19)13-34-21-8-7-15(12-28-21)10-17-11-20(36-29-17)18-5-3-9-30(22(18)27)14-35-37(31,32)33/h1-9,11-12,27H,10,13-14H2,(H2,31,32,33)/p+1. The molecule has 0 saturated carbocycles. The fourth-order valence-corrected chi connectivity index (χ4v) is 3.70. The highest BCUT2D eigenvalue weighted by Crippen LogP contribution is 2.36. The van der Waals surface area contributed by atoms with Crippen LogP contribution in [0, 0.1) is 0 Å². The van der Waals surface area contributed by atoms with Gasteiger partial charge in [0.1, 0.15) is 12.2 Å². The molecule has 0 aliphatic rings. The Morgan fingerprint density at radius 1 is 1.11 bits per heavy atom. The summed E-state index contributed by atoms with van der Waals surface area (Å²) in [5.41, 5.74) is 7.06. The van der Waals surface area contributed by atoms with Gasteiger partial charge >= 0.3 is 14.0 Å². The number of benzene rings is 1. The van der Waals surface area contributed by atoms with Gasteiger partial charge in [-0.25, -0.2) is 18.6 Å². The van der Waals surface area contributed by atoms with Crippen LogP contribution in [0.25, 0.3) is 11.3 Å². The summed E-state index contributed by atoms with van der Waals surface area (Å²) in [6, 6.07) is 13.3. The number of phosphoric acid groups is 1. The Hall–Kier alpha value is -3.77. The van der Waals surface area contributed by atoms with Crippen LogP contribution in [0.5, 0.6) is 5.88 Å². The number of nitrogens with two attached hydrogens (primary N) is 1. The number of ether oxygens (including phenoxy) is 1. The highest BCUT2D eigenvalue weighted by atomic mass is 31.2. The molecule has 0 spiro atoms. The topological polar surface area (TPSA) is 145 Å². The molecule has 4 rings (SSSR count). The Morgan fingerprint density at radius 3 is 2.59 bits per heavy atom. The van der Waals surface area contributed by atoms with Crippen molar-refractivity contribution in [3.63, 3.8) is 0 Å². The maximum atomic E-state index is 13.1. The van der Waals surface area contributed by atoms with Crippen LogP contribution in [0.4, 0.5) is 19.0 Å². The van der Waals surface area contributed by atoms with Crippen LogP contribution < -0.4 is 15.0 Å². The lowest BCUT2D eigenvalue weighted by Crippen LogP contribution is -2.38. The van der Waals surface area contributed by atoms with Crippen molar-refractivity contribution in [1.82, 2.24) is 10.1 Å². The molecule has 0 amide bonds. The summed E-state index contributed by atoms with van der Waals surface area (Å²) in [4.78, 5) is 21.9. The average molecular weight is 537 g/mol. The number of hydrogen-bond acceptors (Lipinski definition) is 7. The van der Waals surface area contributed by atoms with Gasteiger partial charge in [0.05, 0.1) is 17.5 Å². The molecular weight excluding hydrogens is 516 g/mol. The zero-order valence-corrected chi connectivity index (χ0v) is 19.9. The van der Waals surface area contributed by atoms with Gasteiger partial charge in [-0.1, -0.05) is 29.4 Å². The second kappa shape index (κ2) is 10.7. The maximum Gasteiger partial charge on any atom is 0.472 e. The highest BCUT2D eigenvalue weighted by molar-refractivity contribution is 7.46. The summed E-state index contributed by atoms with van der Waals surface area (Å²) < 4.78 is 67.0. The van der Waals surface area contributed by atoms with E-state index in [0.29, 0.717) is 23.4 Å². The number of aromatic nitrogens is 3. The predicted octanol–water partition coefficient (Wildman–Crippen LogP) is 3.86. The molecule has 4 N–H and O–H groups in total. The molecule has 37 heavy (non-hydrogen) atoms. The molecule has 0 aliphatic carbocycles. The average Bonchev–Trinajstić information content (AvgIpc) is 3.30. The number of alkyl halides is 3. The van der Waals surface area contributed by atoms with E-state index in [1.165, 1.54) is 35.2 Å². The number of halogens is 3. The Morgan fingerprint density at radius 2 is 1.89 bits per heavy atom. The van der Waals surface area contributed by atoms with Gasteiger partial charge in [-0.05, 0) is 23.8 Å². The zero-order valence-electron chi connectivity index (χ0n) is 19.0. The van der Waals surface area contributed by atoms with E-state index in [2.05, 4.69) is 14.7 Å². The van der Waals surface area contributed by atoms with Gasteiger partial charge < -0.3 is 19.0 Å². The van der Waals surface area contributed by atoms with Gasteiger partial charge in [-0.2, -0.15) is 13.2 Å². The molecule has 0 bridgehead atoms. The summed E-state index contributed by atoms with van der Waals surface area (Å²) in [5, 5.41) is 4.01. The van der Waals surface area contributed by atoms with Crippen molar-refractivity contribution in [2.24, 2.45) is 0 Å². The fraction of sp³-hybridized carbons (Fsp3) is 0.174. The van der Waals surface area contributed by atoms with E-state index in [4.69, 9.17) is 24.8 Å². The molecule has 0 unspecified atom stereocenters. The van der Waals surface area contributed by atoms with Gasteiger partial charge in [-0.3, -0.25) is 5.73 Å². The SMILES string of the molecule is Nc1c(-c2cc(Cc3ccc(OCc4ccccc4C(F)(F)F)nc3)no2)ccc[n+]1COP(=O)(O)O. The molecule has 4 aromatic rings. The molecule has 194 valence electrons. The molecule has 0 radical (unpaired) electrons. The maximum absolute atomic E-state index is 13.1. The third-order valence-corrected chi connectivity index (χ3v) is 5.64. The highest BCUT2D eigenvalue weighted by Gasteiger charge is 2.33. The number of nitrogen functional groups attached to an aromatic ring is 1. The summed E-state index contributed by atoms with van der Waals surface area (Å²) in [7, 11) is -4.68. The van der Waals surface area contributed by atoms with Crippen molar-refractivity contribution in [3.8, 4) is 17.2 Å². The van der Waals surface area contributed by atoms with E-state index in [1.807, 2.05) is 0 Å². The molecule has 10 nitrogen and oxygen atoms in total. The number of nitrogens with zero attached hydrogens (tertiary/aromatic N) is 3. The lowest BCUT2D eigenvalue weighted by molar-refractivity contribution is -0.711. The molecule has 0 fully saturated rings. The summed E-state index contributed by atoms with van der Waals surface area (Å²) in [6.45, 7) is -0.751. The molecular formula is C23H21F3N4O6P+.